The first-order chi connectivity index (χ1) is 6.65. The van der Waals surface area contributed by atoms with Gasteiger partial charge in [-0.05, 0) is 25.7 Å². The van der Waals surface area contributed by atoms with Crippen molar-refractivity contribution in [2.45, 2.75) is 38.3 Å². The number of hydrogen-bond acceptors (Lipinski definition) is 5. The molecule has 1 heterocycles. The summed E-state index contributed by atoms with van der Waals surface area (Å²) >= 11 is 1.51. The fourth-order valence-electron chi connectivity index (χ4n) is 1.72. The minimum absolute atomic E-state index is 0. The molecular weight excluding hydrogens is 234 g/mol. The zero-order chi connectivity index (χ0) is 10.1. The van der Waals surface area contributed by atoms with Crippen molar-refractivity contribution in [1.82, 2.24) is 10.2 Å². The van der Waals surface area contributed by atoms with Crippen LogP contribution in [0.2, 0.25) is 0 Å². The molecule has 3 N–H and O–H groups in total. The number of aliphatic hydroxyl groups is 1. The molecule has 0 amide bonds. The molecule has 0 spiro atoms. The standard InChI is InChI=1S/C9H15N3OS.ClH/c1-5(13)9-12-11-8(14-9)4-6-2-7(10)3-6;/h5-7,13H,2-4,10H2,1H3;1H/t5-,6?,7?;/m0./s1. The Balaban J connectivity index is 0.00000112. The topological polar surface area (TPSA) is 72.0 Å². The zero-order valence-electron chi connectivity index (χ0n) is 8.59. The third-order valence-electron chi connectivity index (χ3n) is 2.58. The Morgan fingerprint density at radius 2 is 2.20 bits per heavy atom. The minimum atomic E-state index is -0.495. The van der Waals surface area contributed by atoms with Crippen molar-refractivity contribution >= 4 is 23.7 Å². The van der Waals surface area contributed by atoms with Crippen molar-refractivity contribution < 1.29 is 5.11 Å². The van der Waals surface area contributed by atoms with Crippen LogP contribution in [0.4, 0.5) is 0 Å². The van der Waals surface area contributed by atoms with Gasteiger partial charge < -0.3 is 10.8 Å². The lowest BCUT2D eigenvalue weighted by molar-refractivity contribution is 0.198. The third kappa shape index (κ3) is 3.11. The van der Waals surface area contributed by atoms with Gasteiger partial charge in [0.1, 0.15) is 16.1 Å². The summed E-state index contributed by atoms with van der Waals surface area (Å²) in [6.07, 6.45) is 2.68. The molecular formula is C9H16ClN3OS. The van der Waals surface area contributed by atoms with Crippen molar-refractivity contribution in [3.63, 3.8) is 0 Å². The van der Waals surface area contributed by atoms with Gasteiger partial charge in [-0.1, -0.05) is 11.3 Å². The molecule has 1 atom stereocenters. The van der Waals surface area contributed by atoms with Crippen molar-refractivity contribution in [2.75, 3.05) is 0 Å². The van der Waals surface area contributed by atoms with E-state index in [0.717, 1.165) is 24.3 Å². The second-order valence-corrected chi connectivity index (χ2v) is 5.11. The molecule has 6 heteroatoms. The third-order valence-corrected chi connectivity index (χ3v) is 3.69. The molecule has 1 aromatic rings. The summed E-state index contributed by atoms with van der Waals surface area (Å²) in [4.78, 5) is 0. The lowest BCUT2D eigenvalue weighted by Crippen LogP contribution is -2.37. The van der Waals surface area contributed by atoms with E-state index in [1.54, 1.807) is 6.92 Å². The van der Waals surface area contributed by atoms with Crippen LogP contribution in [-0.2, 0) is 6.42 Å². The Morgan fingerprint density at radius 1 is 1.53 bits per heavy atom. The van der Waals surface area contributed by atoms with Crippen LogP contribution in [0.5, 0.6) is 0 Å². The van der Waals surface area contributed by atoms with Gasteiger partial charge in [0.05, 0.1) is 0 Å². The minimum Gasteiger partial charge on any atom is -0.386 e. The van der Waals surface area contributed by atoms with E-state index in [1.807, 2.05) is 0 Å². The van der Waals surface area contributed by atoms with Crippen molar-refractivity contribution in [1.29, 1.82) is 0 Å². The molecule has 86 valence electrons. The van der Waals surface area contributed by atoms with E-state index in [0.29, 0.717) is 17.0 Å². The summed E-state index contributed by atoms with van der Waals surface area (Å²) in [5.41, 5.74) is 5.70. The van der Waals surface area contributed by atoms with Gasteiger partial charge >= 0.3 is 0 Å². The largest absolute Gasteiger partial charge is 0.386 e. The molecule has 0 aromatic carbocycles. The highest BCUT2D eigenvalue weighted by Crippen LogP contribution is 2.30. The van der Waals surface area contributed by atoms with E-state index in [4.69, 9.17) is 5.73 Å². The van der Waals surface area contributed by atoms with Crippen LogP contribution in [0.15, 0.2) is 0 Å². The Morgan fingerprint density at radius 3 is 2.67 bits per heavy atom. The van der Waals surface area contributed by atoms with Crippen molar-refractivity contribution in [2.24, 2.45) is 11.7 Å². The molecule has 0 bridgehead atoms. The maximum Gasteiger partial charge on any atom is 0.145 e. The van der Waals surface area contributed by atoms with E-state index in [-0.39, 0.29) is 12.4 Å². The maximum absolute atomic E-state index is 9.27. The molecule has 0 unspecified atom stereocenters. The predicted molar refractivity (Wildman–Crippen MR) is 62.2 cm³/mol. The summed E-state index contributed by atoms with van der Waals surface area (Å²) in [7, 11) is 0. The van der Waals surface area contributed by atoms with Gasteiger partial charge in [0.2, 0.25) is 0 Å². The summed E-state index contributed by atoms with van der Waals surface area (Å²) < 4.78 is 0. The van der Waals surface area contributed by atoms with Gasteiger partial charge in [0.25, 0.3) is 0 Å². The maximum atomic E-state index is 9.27. The fourth-order valence-corrected chi connectivity index (χ4v) is 2.61. The molecule has 1 aromatic heterocycles. The van der Waals surface area contributed by atoms with Gasteiger partial charge in [-0.15, -0.1) is 22.6 Å². The summed E-state index contributed by atoms with van der Waals surface area (Å²) in [6, 6.07) is 0.393. The average Bonchev–Trinajstić information content (AvgIpc) is 2.50. The molecule has 4 nitrogen and oxygen atoms in total. The molecule has 15 heavy (non-hydrogen) atoms. The molecule has 0 aliphatic heterocycles. The number of hydrogen-bond donors (Lipinski definition) is 2. The van der Waals surface area contributed by atoms with Gasteiger partial charge in [-0.3, -0.25) is 0 Å². The Hall–Kier alpha value is -0.230. The number of rotatable bonds is 3. The summed E-state index contributed by atoms with van der Waals surface area (Å²) in [5, 5.41) is 19.0. The summed E-state index contributed by atoms with van der Waals surface area (Å²) in [6.45, 7) is 1.71. The second kappa shape index (κ2) is 5.21. The van der Waals surface area contributed by atoms with Crippen LogP contribution in [-0.4, -0.2) is 21.3 Å². The Kier molecular flexibility index (Phi) is 4.45. The molecule has 1 aliphatic rings. The van der Waals surface area contributed by atoms with Crippen LogP contribution < -0.4 is 5.73 Å². The predicted octanol–water partition coefficient (Wildman–Crippen LogP) is 1.29. The smallest absolute Gasteiger partial charge is 0.145 e. The normalized spacial score (nSPS) is 26.6. The number of aromatic nitrogens is 2. The highest BCUT2D eigenvalue weighted by atomic mass is 35.5. The van der Waals surface area contributed by atoms with E-state index < -0.39 is 6.10 Å². The number of halogens is 1. The lowest BCUT2D eigenvalue weighted by Gasteiger charge is -2.31. The van der Waals surface area contributed by atoms with Gasteiger partial charge in [-0.25, -0.2) is 0 Å². The molecule has 1 saturated carbocycles. The van der Waals surface area contributed by atoms with E-state index in [1.165, 1.54) is 11.3 Å². The SMILES string of the molecule is C[C@H](O)c1nnc(CC2CC(N)C2)s1.Cl. The fraction of sp³-hybridized carbons (Fsp3) is 0.778. The van der Waals surface area contributed by atoms with E-state index >= 15 is 0 Å². The van der Waals surface area contributed by atoms with Gasteiger partial charge in [-0.2, -0.15) is 0 Å². The summed E-state index contributed by atoms with van der Waals surface area (Å²) in [5.74, 6) is 0.680. The molecule has 0 saturated heterocycles. The van der Waals surface area contributed by atoms with E-state index in [2.05, 4.69) is 10.2 Å². The Labute approximate surface area is 99.3 Å². The van der Waals surface area contributed by atoms with Crippen LogP contribution >= 0.6 is 23.7 Å². The second-order valence-electron chi connectivity index (χ2n) is 4.01. The lowest BCUT2D eigenvalue weighted by atomic mass is 9.79. The number of nitrogens with two attached hydrogens (primary N) is 1. The van der Waals surface area contributed by atoms with Crippen LogP contribution in [0.25, 0.3) is 0 Å². The van der Waals surface area contributed by atoms with Crippen LogP contribution in [0, 0.1) is 5.92 Å². The zero-order valence-corrected chi connectivity index (χ0v) is 10.2. The quantitative estimate of drug-likeness (QED) is 0.847. The highest BCUT2D eigenvalue weighted by molar-refractivity contribution is 7.11. The van der Waals surface area contributed by atoms with Crippen molar-refractivity contribution in [3.8, 4) is 0 Å². The number of nitrogens with zero attached hydrogens (tertiary/aromatic N) is 2. The van der Waals surface area contributed by atoms with Crippen LogP contribution in [0.3, 0.4) is 0 Å². The van der Waals surface area contributed by atoms with E-state index in [9.17, 15) is 5.11 Å². The molecule has 2 rings (SSSR count). The van der Waals surface area contributed by atoms with Gasteiger partial charge in [0, 0.05) is 12.5 Å². The monoisotopic (exact) mass is 249 g/mol. The highest BCUT2D eigenvalue weighted by Gasteiger charge is 2.27. The molecule has 0 radical (unpaired) electrons. The van der Waals surface area contributed by atoms with Crippen molar-refractivity contribution in [3.05, 3.63) is 10.0 Å². The first kappa shape index (κ1) is 12.8. The first-order valence-corrected chi connectivity index (χ1v) is 5.72. The van der Waals surface area contributed by atoms with Crippen LogP contribution in [0.1, 0.15) is 35.9 Å². The average molecular weight is 250 g/mol. The number of aliphatic hydroxyl groups excluding tert-OH is 1. The van der Waals surface area contributed by atoms with Gasteiger partial charge in [0.15, 0.2) is 0 Å². The molecule has 1 aliphatic carbocycles. The first-order valence-electron chi connectivity index (χ1n) is 4.91. The Bertz CT molecular complexity index is 312. The molecule has 1 fully saturated rings.